The molecule has 2 aromatic carbocycles. The van der Waals surface area contributed by atoms with Gasteiger partial charge in [0.25, 0.3) is 0 Å². The van der Waals surface area contributed by atoms with Gasteiger partial charge in [0.15, 0.2) is 0 Å². The number of urea groups is 1. The highest BCUT2D eigenvalue weighted by Crippen LogP contribution is 2.24. The van der Waals surface area contributed by atoms with Crippen molar-refractivity contribution < 1.29 is 4.79 Å². The molecule has 2 aromatic rings. The Kier molecular flexibility index (Phi) is 3.52. The zero-order valence-corrected chi connectivity index (χ0v) is 12.1. The number of carbonyl (C=O) groups excluding carboxylic acids is 1. The zero-order chi connectivity index (χ0) is 14.8. The molecule has 0 radical (unpaired) electrons. The third kappa shape index (κ3) is 2.84. The van der Waals surface area contributed by atoms with E-state index in [1.54, 1.807) is 0 Å². The summed E-state index contributed by atoms with van der Waals surface area (Å²) in [4.78, 5) is 14.2. The van der Waals surface area contributed by atoms with Crippen molar-refractivity contribution in [2.24, 2.45) is 0 Å². The molecule has 21 heavy (non-hydrogen) atoms. The van der Waals surface area contributed by atoms with Crippen molar-refractivity contribution in [2.45, 2.75) is 19.9 Å². The van der Waals surface area contributed by atoms with Crippen LogP contribution < -0.4 is 11.1 Å². The monoisotopic (exact) mass is 281 g/mol. The number of fused-ring (bicyclic) bond motifs is 1. The van der Waals surface area contributed by atoms with Crippen LogP contribution >= 0.6 is 0 Å². The molecule has 0 aromatic heterocycles. The molecule has 0 spiro atoms. The van der Waals surface area contributed by atoms with E-state index in [-0.39, 0.29) is 6.03 Å². The predicted octanol–water partition coefficient (Wildman–Crippen LogP) is 3.17. The maximum atomic E-state index is 12.3. The lowest BCUT2D eigenvalue weighted by atomic mass is 9.98. The molecule has 0 atom stereocenters. The van der Waals surface area contributed by atoms with Gasteiger partial charge in [0.05, 0.1) is 0 Å². The molecule has 2 amide bonds. The topological polar surface area (TPSA) is 58.4 Å². The standard InChI is InChI=1S/C17H19N3O/c1-12-5-7-14(8-6-12)19-17(21)20-10-9-15-13(11-20)3-2-4-16(15)18/h2-8H,9-11,18H2,1H3,(H,19,21). The summed E-state index contributed by atoms with van der Waals surface area (Å²) in [7, 11) is 0. The summed E-state index contributed by atoms with van der Waals surface area (Å²) in [6.07, 6.45) is 0.809. The van der Waals surface area contributed by atoms with Crippen molar-refractivity contribution in [3.63, 3.8) is 0 Å². The van der Waals surface area contributed by atoms with Crippen LogP contribution in [-0.4, -0.2) is 17.5 Å². The largest absolute Gasteiger partial charge is 0.398 e. The van der Waals surface area contributed by atoms with E-state index in [2.05, 4.69) is 5.32 Å². The van der Waals surface area contributed by atoms with Crippen LogP contribution in [0.5, 0.6) is 0 Å². The second-order valence-electron chi connectivity index (χ2n) is 5.45. The number of carbonyl (C=O) groups is 1. The van der Waals surface area contributed by atoms with Crippen LogP contribution in [0.3, 0.4) is 0 Å². The second-order valence-corrected chi connectivity index (χ2v) is 5.45. The van der Waals surface area contributed by atoms with Gasteiger partial charge in [0.1, 0.15) is 0 Å². The van der Waals surface area contributed by atoms with Gasteiger partial charge in [-0.2, -0.15) is 0 Å². The quantitative estimate of drug-likeness (QED) is 0.789. The molecule has 4 heteroatoms. The number of amides is 2. The summed E-state index contributed by atoms with van der Waals surface area (Å²) in [5.41, 5.74) is 11.1. The first-order valence-electron chi connectivity index (χ1n) is 7.12. The Morgan fingerprint density at radius 2 is 1.95 bits per heavy atom. The van der Waals surface area contributed by atoms with Gasteiger partial charge >= 0.3 is 6.03 Å². The molecule has 0 aliphatic carbocycles. The Balaban J connectivity index is 1.71. The first-order chi connectivity index (χ1) is 10.1. The van der Waals surface area contributed by atoms with E-state index < -0.39 is 0 Å². The zero-order valence-electron chi connectivity index (χ0n) is 12.1. The molecule has 4 nitrogen and oxygen atoms in total. The molecule has 0 fully saturated rings. The second kappa shape index (κ2) is 5.48. The van der Waals surface area contributed by atoms with Crippen molar-refractivity contribution in [1.29, 1.82) is 0 Å². The highest BCUT2D eigenvalue weighted by atomic mass is 16.2. The number of nitrogens with two attached hydrogens (primary N) is 1. The third-order valence-corrected chi connectivity index (χ3v) is 3.89. The van der Waals surface area contributed by atoms with Gasteiger partial charge in [-0.25, -0.2) is 4.79 Å². The lowest BCUT2D eigenvalue weighted by molar-refractivity contribution is 0.206. The van der Waals surface area contributed by atoms with E-state index in [0.29, 0.717) is 13.1 Å². The Morgan fingerprint density at radius 3 is 2.71 bits per heavy atom. The number of nitrogens with zero attached hydrogens (tertiary/aromatic N) is 1. The van der Waals surface area contributed by atoms with E-state index in [1.807, 2.05) is 54.3 Å². The van der Waals surface area contributed by atoms with Crippen LogP contribution in [0.1, 0.15) is 16.7 Å². The molecule has 108 valence electrons. The molecule has 1 aliphatic rings. The van der Waals surface area contributed by atoms with Crippen LogP contribution in [0.25, 0.3) is 0 Å². The minimum atomic E-state index is -0.0630. The smallest absolute Gasteiger partial charge is 0.322 e. The van der Waals surface area contributed by atoms with Gasteiger partial charge in [-0.1, -0.05) is 29.8 Å². The van der Waals surface area contributed by atoms with Crippen LogP contribution in [0.15, 0.2) is 42.5 Å². The maximum Gasteiger partial charge on any atom is 0.322 e. The summed E-state index contributed by atoms with van der Waals surface area (Å²) in [5, 5.41) is 2.94. The van der Waals surface area contributed by atoms with E-state index in [1.165, 1.54) is 11.1 Å². The third-order valence-electron chi connectivity index (χ3n) is 3.89. The van der Waals surface area contributed by atoms with E-state index in [4.69, 9.17) is 5.73 Å². The highest BCUT2D eigenvalue weighted by Gasteiger charge is 2.21. The first-order valence-corrected chi connectivity index (χ1v) is 7.12. The van der Waals surface area contributed by atoms with Crippen molar-refractivity contribution in [3.8, 4) is 0 Å². The minimum absolute atomic E-state index is 0.0630. The van der Waals surface area contributed by atoms with Crippen molar-refractivity contribution >= 4 is 17.4 Å². The number of nitrogens with one attached hydrogen (secondary N) is 1. The minimum Gasteiger partial charge on any atom is -0.398 e. The fourth-order valence-electron chi connectivity index (χ4n) is 2.65. The molecule has 0 bridgehead atoms. The molecule has 0 saturated carbocycles. The van der Waals surface area contributed by atoms with Gasteiger partial charge < -0.3 is 16.0 Å². The molecule has 3 rings (SSSR count). The van der Waals surface area contributed by atoms with Gasteiger partial charge in [-0.05, 0) is 42.7 Å². The normalized spacial score (nSPS) is 13.7. The number of benzene rings is 2. The number of rotatable bonds is 1. The number of aryl methyl sites for hydroxylation is 1. The summed E-state index contributed by atoms with van der Waals surface area (Å²) in [6.45, 7) is 3.33. The summed E-state index contributed by atoms with van der Waals surface area (Å²) >= 11 is 0. The van der Waals surface area contributed by atoms with Gasteiger partial charge in [0.2, 0.25) is 0 Å². The summed E-state index contributed by atoms with van der Waals surface area (Å²) in [5.74, 6) is 0. The van der Waals surface area contributed by atoms with E-state index in [0.717, 1.165) is 23.4 Å². The van der Waals surface area contributed by atoms with E-state index >= 15 is 0 Å². The van der Waals surface area contributed by atoms with Crippen molar-refractivity contribution in [3.05, 3.63) is 59.2 Å². The molecular weight excluding hydrogens is 262 g/mol. The fourth-order valence-corrected chi connectivity index (χ4v) is 2.65. The number of hydrogen-bond acceptors (Lipinski definition) is 2. The summed E-state index contributed by atoms with van der Waals surface area (Å²) in [6, 6.07) is 13.6. The number of anilines is 2. The number of hydrogen-bond donors (Lipinski definition) is 2. The number of nitrogen functional groups attached to an aromatic ring is 1. The Morgan fingerprint density at radius 1 is 1.19 bits per heavy atom. The Bertz CT molecular complexity index is 664. The van der Waals surface area contributed by atoms with Crippen molar-refractivity contribution in [2.75, 3.05) is 17.6 Å². The average Bonchev–Trinajstić information content (AvgIpc) is 2.49. The van der Waals surface area contributed by atoms with Crippen LogP contribution in [0.4, 0.5) is 16.2 Å². The first kappa shape index (κ1) is 13.5. The Hall–Kier alpha value is -2.49. The fraction of sp³-hybridized carbons (Fsp3) is 0.235. The van der Waals surface area contributed by atoms with Gasteiger partial charge in [-0.15, -0.1) is 0 Å². The molecule has 0 saturated heterocycles. The summed E-state index contributed by atoms with van der Waals surface area (Å²) < 4.78 is 0. The Labute approximate surface area is 124 Å². The highest BCUT2D eigenvalue weighted by molar-refractivity contribution is 5.89. The molecule has 3 N–H and O–H groups in total. The van der Waals surface area contributed by atoms with E-state index in [9.17, 15) is 4.79 Å². The molecule has 1 aliphatic heterocycles. The maximum absolute atomic E-state index is 12.3. The van der Waals surface area contributed by atoms with Gasteiger partial charge in [0, 0.05) is 24.5 Å². The molecule has 1 heterocycles. The van der Waals surface area contributed by atoms with Crippen LogP contribution in [-0.2, 0) is 13.0 Å². The van der Waals surface area contributed by atoms with Crippen LogP contribution in [0.2, 0.25) is 0 Å². The lowest BCUT2D eigenvalue weighted by Crippen LogP contribution is -2.39. The molecular formula is C17H19N3O. The lowest BCUT2D eigenvalue weighted by Gasteiger charge is -2.29. The molecule has 0 unspecified atom stereocenters. The van der Waals surface area contributed by atoms with Crippen LogP contribution in [0, 0.1) is 6.92 Å². The van der Waals surface area contributed by atoms with Gasteiger partial charge in [-0.3, -0.25) is 0 Å². The predicted molar refractivity (Wildman–Crippen MR) is 85.2 cm³/mol. The average molecular weight is 281 g/mol. The SMILES string of the molecule is Cc1ccc(NC(=O)N2CCc3c(N)cccc3C2)cc1. The van der Waals surface area contributed by atoms with Crippen molar-refractivity contribution in [1.82, 2.24) is 4.90 Å².